The third-order valence-corrected chi connectivity index (χ3v) is 3.13. The van der Waals surface area contributed by atoms with Gasteiger partial charge in [0, 0.05) is 18.4 Å². The van der Waals surface area contributed by atoms with Gasteiger partial charge in [0.05, 0.1) is 0 Å². The van der Waals surface area contributed by atoms with Crippen molar-refractivity contribution in [2.45, 2.75) is 58.4 Å². The topological polar surface area (TPSA) is 43.1 Å². The van der Waals surface area contributed by atoms with Crippen LogP contribution in [0.1, 0.15) is 52.4 Å². The van der Waals surface area contributed by atoms with Crippen molar-refractivity contribution in [3.8, 4) is 0 Å². The predicted octanol–water partition coefficient (Wildman–Crippen LogP) is 2.51. The standard InChI is InChI=1S/C12H23NO/c1-9(2)4-3-5-12(14)10-6-7-11(13)8-10/h9-11H,3-8,13H2,1-2H3. The molecule has 1 aliphatic rings. The van der Waals surface area contributed by atoms with E-state index in [2.05, 4.69) is 13.8 Å². The molecule has 2 atom stereocenters. The average molecular weight is 197 g/mol. The van der Waals surface area contributed by atoms with Crippen LogP contribution in [0.3, 0.4) is 0 Å². The molecule has 1 aliphatic carbocycles. The van der Waals surface area contributed by atoms with Gasteiger partial charge in [-0.25, -0.2) is 0 Å². The molecule has 0 heterocycles. The second-order valence-electron chi connectivity index (χ2n) is 5.02. The summed E-state index contributed by atoms with van der Waals surface area (Å²) in [5, 5.41) is 0. The first-order valence-corrected chi connectivity index (χ1v) is 5.88. The van der Waals surface area contributed by atoms with Gasteiger partial charge in [-0.1, -0.05) is 20.3 Å². The van der Waals surface area contributed by atoms with Gasteiger partial charge in [-0.3, -0.25) is 4.79 Å². The van der Waals surface area contributed by atoms with Crippen LogP contribution in [0.5, 0.6) is 0 Å². The Labute approximate surface area is 87.2 Å². The van der Waals surface area contributed by atoms with E-state index in [9.17, 15) is 4.79 Å². The zero-order chi connectivity index (χ0) is 10.6. The lowest BCUT2D eigenvalue weighted by Crippen LogP contribution is -2.17. The molecule has 2 unspecified atom stereocenters. The van der Waals surface area contributed by atoms with E-state index in [1.807, 2.05) is 0 Å². The second kappa shape index (κ2) is 5.50. The van der Waals surface area contributed by atoms with Gasteiger partial charge in [0.25, 0.3) is 0 Å². The number of rotatable bonds is 5. The Morgan fingerprint density at radius 1 is 1.43 bits per heavy atom. The Bertz CT molecular complexity index is 189. The van der Waals surface area contributed by atoms with Gasteiger partial charge in [-0.15, -0.1) is 0 Å². The van der Waals surface area contributed by atoms with Crippen molar-refractivity contribution in [1.29, 1.82) is 0 Å². The highest BCUT2D eigenvalue weighted by Crippen LogP contribution is 2.26. The molecule has 2 nitrogen and oxygen atoms in total. The maximum atomic E-state index is 11.7. The highest BCUT2D eigenvalue weighted by atomic mass is 16.1. The first-order valence-electron chi connectivity index (χ1n) is 5.88. The van der Waals surface area contributed by atoms with Gasteiger partial charge >= 0.3 is 0 Å². The molecule has 1 fully saturated rings. The third kappa shape index (κ3) is 3.79. The SMILES string of the molecule is CC(C)CCCC(=O)C1CCC(N)C1. The van der Waals surface area contributed by atoms with Crippen LogP contribution in [0, 0.1) is 11.8 Å². The zero-order valence-electron chi connectivity index (χ0n) is 9.46. The van der Waals surface area contributed by atoms with Crippen LogP contribution in [0.4, 0.5) is 0 Å². The number of Topliss-reactive ketones (excluding diaryl/α,β-unsaturated/α-hetero) is 1. The molecule has 0 aromatic rings. The summed E-state index contributed by atoms with van der Waals surface area (Å²) in [5.74, 6) is 1.46. The van der Waals surface area contributed by atoms with Gasteiger partial charge in [-0.2, -0.15) is 0 Å². The molecular formula is C12H23NO. The van der Waals surface area contributed by atoms with Crippen molar-refractivity contribution in [2.24, 2.45) is 17.6 Å². The van der Waals surface area contributed by atoms with Crippen LogP contribution < -0.4 is 5.73 Å². The van der Waals surface area contributed by atoms with Gasteiger partial charge in [0.2, 0.25) is 0 Å². The van der Waals surface area contributed by atoms with Gasteiger partial charge in [0.1, 0.15) is 5.78 Å². The molecule has 0 aromatic heterocycles. The lowest BCUT2D eigenvalue weighted by Gasteiger charge is -2.09. The number of hydrogen-bond acceptors (Lipinski definition) is 2. The van der Waals surface area contributed by atoms with E-state index in [4.69, 9.17) is 5.73 Å². The average Bonchev–Trinajstić information content (AvgIpc) is 2.51. The highest BCUT2D eigenvalue weighted by Gasteiger charge is 2.26. The fourth-order valence-electron chi connectivity index (χ4n) is 2.20. The Kier molecular flexibility index (Phi) is 4.59. The van der Waals surface area contributed by atoms with E-state index in [-0.39, 0.29) is 12.0 Å². The fourth-order valence-corrected chi connectivity index (χ4v) is 2.20. The molecule has 1 rings (SSSR count). The largest absolute Gasteiger partial charge is 0.328 e. The van der Waals surface area contributed by atoms with Crippen molar-refractivity contribution in [1.82, 2.24) is 0 Å². The van der Waals surface area contributed by atoms with Gasteiger partial charge in [0.15, 0.2) is 0 Å². The number of carbonyl (C=O) groups excluding carboxylic acids is 1. The summed E-state index contributed by atoms with van der Waals surface area (Å²) in [6.07, 6.45) is 6.01. The summed E-state index contributed by atoms with van der Waals surface area (Å²) in [6.45, 7) is 4.41. The summed E-state index contributed by atoms with van der Waals surface area (Å²) in [6, 6.07) is 0.286. The summed E-state index contributed by atoms with van der Waals surface area (Å²) < 4.78 is 0. The van der Waals surface area contributed by atoms with Crippen molar-refractivity contribution in [2.75, 3.05) is 0 Å². The zero-order valence-corrected chi connectivity index (χ0v) is 9.46. The number of carbonyl (C=O) groups is 1. The maximum Gasteiger partial charge on any atom is 0.136 e. The molecule has 0 aromatic carbocycles. The van der Waals surface area contributed by atoms with E-state index < -0.39 is 0 Å². The van der Waals surface area contributed by atoms with Crippen LogP contribution >= 0.6 is 0 Å². The van der Waals surface area contributed by atoms with Crippen LogP contribution in [0.2, 0.25) is 0 Å². The molecule has 2 heteroatoms. The molecule has 0 amide bonds. The molecule has 82 valence electrons. The maximum absolute atomic E-state index is 11.7. The minimum absolute atomic E-state index is 0.286. The Balaban J connectivity index is 2.15. The summed E-state index contributed by atoms with van der Waals surface area (Å²) in [7, 11) is 0. The van der Waals surface area contributed by atoms with E-state index in [1.165, 1.54) is 6.42 Å². The smallest absolute Gasteiger partial charge is 0.136 e. The predicted molar refractivity (Wildman–Crippen MR) is 59.0 cm³/mol. The van der Waals surface area contributed by atoms with Gasteiger partial charge < -0.3 is 5.73 Å². The molecule has 0 bridgehead atoms. The van der Waals surface area contributed by atoms with Crippen LogP contribution in [-0.2, 0) is 4.79 Å². The summed E-state index contributed by atoms with van der Waals surface area (Å²) >= 11 is 0. The lowest BCUT2D eigenvalue weighted by molar-refractivity contribution is -0.122. The van der Waals surface area contributed by atoms with Crippen molar-refractivity contribution in [3.63, 3.8) is 0 Å². The summed E-state index contributed by atoms with van der Waals surface area (Å²) in [4.78, 5) is 11.7. The van der Waals surface area contributed by atoms with Crippen LogP contribution in [0.25, 0.3) is 0 Å². The molecule has 0 aliphatic heterocycles. The molecule has 1 saturated carbocycles. The molecule has 0 saturated heterocycles. The van der Waals surface area contributed by atoms with Crippen molar-refractivity contribution in [3.05, 3.63) is 0 Å². The molecular weight excluding hydrogens is 174 g/mol. The third-order valence-electron chi connectivity index (χ3n) is 3.13. The van der Waals surface area contributed by atoms with Gasteiger partial charge in [-0.05, 0) is 31.6 Å². The number of nitrogens with two attached hydrogens (primary N) is 1. The minimum Gasteiger partial charge on any atom is -0.328 e. The molecule has 0 spiro atoms. The van der Waals surface area contributed by atoms with E-state index in [1.54, 1.807) is 0 Å². The monoisotopic (exact) mass is 197 g/mol. The first-order chi connectivity index (χ1) is 6.59. The van der Waals surface area contributed by atoms with Crippen molar-refractivity contribution < 1.29 is 4.79 Å². The van der Waals surface area contributed by atoms with Crippen molar-refractivity contribution >= 4 is 5.78 Å². The van der Waals surface area contributed by atoms with Crippen LogP contribution in [-0.4, -0.2) is 11.8 Å². The lowest BCUT2D eigenvalue weighted by atomic mass is 9.96. The summed E-state index contributed by atoms with van der Waals surface area (Å²) in [5.41, 5.74) is 5.79. The minimum atomic E-state index is 0.286. The highest BCUT2D eigenvalue weighted by molar-refractivity contribution is 5.81. The molecule has 14 heavy (non-hydrogen) atoms. The quantitative estimate of drug-likeness (QED) is 0.736. The molecule has 2 N–H and O–H groups in total. The Morgan fingerprint density at radius 3 is 2.64 bits per heavy atom. The first kappa shape index (κ1) is 11.7. The van der Waals surface area contributed by atoms with Crippen LogP contribution in [0.15, 0.2) is 0 Å². The van der Waals surface area contributed by atoms with E-state index in [0.29, 0.717) is 11.7 Å². The normalized spacial score (nSPS) is 27.1. The second-order valence-corrected chi connectivity index (χ2v) is 5.02. The van der Waals surface area contributed by atoms with E-state index >= 15 is 0 Å². The fraction of sp³-hybridized carbons (Fsp3) is 0.917. The van der Waals surface area contributed by atoms with E-state index in [0.717, 1.165) is 32.1 Å². The molecule has 0 radical (unpaired) electrons. The Morgan fingerprint density at radius 2 is 2.14 bits per heavy atom. The number of hydrogen-bond donors (Lipinski definition) is 1. The number of ketones is 1. The Hall–Kier alpha value is -0.370.